The smallest absolute Gasteiger partial charge is 0.306 e. The van der Waals surface area contributed by atoms with Crippen LogP contribution in [0.4, 0.5) is 0 Å². The zero-order valence-electron chi connectivity index (χ0n) is 9.42. The largest absolute Gasteiger partial charge is 0.465 e. The number of carbonyl (C=O) groups is 1. The molecule has 0 bridgehead atoms. The monoisotopic (exact) mass is 198 g/mol. The van der Waals surface area contributed by atoms with Crippen molar-refractivity contribution in [1.82, 2.24) is 0 Å². The van der Waals surface area contributed by atoms with Crippen molar-refractivity contribution in [2.75, 3.05) is 6.61 Å². The van der Waals surface area contributed by atoms with Gasteiger partial charge in [0.05, 0.1) is 6.61 Å². The van der Waals surface area contributed by atoms with E-state index in [1.165, 1.54) is 32.1 Å². The van der Waals surface area contributed by atoms with Crippen LogP contribution in [0.3, 0.4) is 0 Å². The lowest BCUT2D eigenvalue weighted by Gasteiger charge is -2.20. The molecule has 0 aromatic carbocycles. The number of ether oxygens (including phenoxy) is 1. The molecule has 0 unspecified atom stereocenters. The lowest BCUT2D eigenvalue weighted by atomic mass is 9.87. The Kier molecular flexibility index (Phi) is 4.99. The van der Waals surface area contributed by atoms with Gasteiger partial charge >= 0.3 is 5.97 Å². The van der Waals surface area contributed by atoms with E-state index in [0.717, 1.165) is 0 Å². The Balaban J connectivity index is 2.12. The molecule has 1 saturated carbocycles. The molecule has 0 amide bonds. The fraction of sp³-hybridized carbons (Fsp3) is 0.917. The zero-order chi connectivity index (χ0) is 10.4. The van der Waals surface area contributed by atoms with Gasteiger partial charge in [-0.15, -0.1) is 0 Å². The standard InChI is InChI=1S/C12H22O2/c1-10(2)9-14-12(13)8-11-6-4-3-5-7-11/h10-11H,3-9H2,1-2H3. The maximum atomic E-state index is 11.4. The Morgan fingerprint density at radius 1 is 1.29 bits per heavy atom. The number of hydrogen-bond acceptors (Lipinski definition) is 2. The SMILES string of the molecule is CC(C)COC(=O)CC1CCCCC1. The van der Waals surface area contributed by atoms with Crippen LogP contribution in [0.15, 0.2) is 0 Å². The average molecular weight is 198 g/mol. The van der Waals surface area contributed by atoms with Gasteiger partial charge in [0.25, 0.3) is 0 Å². The summed E-state index contributed by atoms with van der Waals surface area (Å²) in [6.07, 6.45) is 7.02. The van der Waals surface area contributed by atoms with E-state index in [0.29, 0.717) is 24.9 Å². The summed E-state index contributed by atoms with van der Waals surface area (Å²) in [4.78, 5) is 11.4. The average Bonchev–Trinajstić information content (AvgIpc) is 2.16. The first-order chi connectivity index (χ1) is 6.68. The summed E-state index contributed by atoms with van der Waals surface area (Å²) >= 11 is 0. The van der Waals surface area contributed by atoms with Gasteiger partial charge in [0.15, 0.2) is 0 Å². The minimum absolute atomic E-state index is 0.00519. The highest BCUT2D eigenvalue weighted by Gasteiger charge is 2.17. The van der Waals surface area contributed by atoms with E-state index in [4.69, 9.17) is 4.74 Å². The molecular formula is C12H22O2. The number of esters is 1. The Bertz CT molecular complexity index is 169. The molecular weight excluding hydrogens is 176 g/mol. The van der Waals surface area contributed by atoms with Gasteiger partial charge in [-0.1, -0.05) is 33.1 Å². The van der Waals surface area contributed by atoms with E-state index >= 15 is 0 Å². The van der Waals surface area contributed by atoms with Crippen LogP contribution < -0.4 is 0 Å². The van der Waals surface area contributed by atoms with Crippen molar-refractivity contribution in [2.24, 2.45) is 11.8 Å². The molecule has 0 radical (unpaired) electrons. The van der Waals surface area contributed by atoms with Crippen LogP contribution in [-0.2, 0) is 9.53 Å². The quantitative estimate of drug-likeness (QED) is 0.649. The molecule has 1 aliphatic carbocycles. The third-order valence-corrected chi connectivity index (χ3v) is 2.76. The normalized spacial score (nSPS) is 18.5. The zero-order valence-corrected chi connectivity index (χ0v) is 9.42. The van der Waals surface area contributed by atoms with E-state index < -0.39 is 0 Å². The highest BCUT2D eigenvalue weighted by atomic mass is 16.5. The first-order valence-electron chi connectivity index (χ1n) is 5.84. The summed E-state index contributed by atoms with van der Waals surface area (Å²) in [5, 5.41) is 0. The van der Waals surface area contributed by atoms with Gasteiger partial charge in [-0.2, -0.15) is 0 Å². The van der Waals surface area contributed by atoms with Crippen LogP contribution in [0.25, 0.3) is 0 Å². The summed E-state index contributed by atoms with van der Waals surface area (Å²) in [7, 11) is 0. The lowest BCUT2D eigenvalue weighted by Crippen LogP contribution is -2.16. The van der Waals surface area contributed by atoms with Crippen molar-refractivity contribution in [3.63, 3.8) is 0 Å². The fourth-order valence-corrected chi connectivity index (χ4v) is 1.95. The topological polar surface area (TPSA) is 26.3 Å². The number of carbonyl (C=O) groups excluding carboxylic acids is 1. The van der Waals surface area contributed by atoms with Crippen molar-refractivity contribution >= 4 is 5.97 Å². The lowest BCUT2D eigenvalue weighted by molar-refractivity contribution is -0.146. The van der Waals surface area contributed by atoms with Gasteiger partial charge in [-0.25, -0.2) is 0 Å². The minimum atomic E-state index is 0.00519. The summed E-state index contributed by atoms with van der Waals surface area (Å²) < 4.78 is 5.17. The van der Waals surface area contributed by atoms with Gasteiger partial charge in [0.2, 0.25) is 0 Å². The Morgan fingerprint density at radius 2 is 1.93 bits per heavy atom. The van der Waals surface area contributed by atoms with Crippen molar-refractivity contribution in [3.8, 4) is 0 Å². The van der Waals surface area contributed by atoms with Gasteiger partial charge in [0.1, 0.15) is 0 Å². The summed E-state index contributed by atoms with van der Waals surface area (Å²) in [5.41, 5.74) is 0. The van der Waals surface area contributed by atoms with Gasteiger partial charge in [-0.05, 0) is 24.7 Å². The van der Waals surface area contributed by atoms with Crippen molar-refractivity contribution in [2.45, 2.75) is 52.4 Å². The Labute approximate surface area is 87.0 Å². The molecule has 0 saturated heterocycles. The fourth-order valence-electron chi connectivity index (χ4n) is 1.95. The Morgan fingerprint density at radius 3 is 2.50 bits per heavy atom. The molecule has 0 heterocycles. The second-order valence-corrected chi connectivity index (χ2v) is 4.79. The molecule has 14 heavy (non-hydrogen) atoms. The highest BCUT2D eigenvalue weighted by molar-refractivity contribution is 5.69. The van der Waals surface area contributed by atoms with Crippen LogP contribution in [0.5, 0.6) is 0 Å². The van der Waals surface area contributed by atoms with E-state index in [2.05, 4.69) is 13.8 Å². The molecule has 0 N–H and O–H groups in total. The molecule has 0 aromatic rings. The predicted molar refractivity (Wildman–Crippen MR) is 57.0 cm³/mol. The molecule has 82 valence electrons. The maximum Gasteiger partial charge on any atom is 0.306 e. The van der Waals surface area contributed by atoms with E-state index in [-0.39, 0.29) is 5.97 Å². The summed E-state index contributed by atoms with van der Waals surface area (Å²) in [6.45, 7) is 4.70. The molecule has 0 aromatic heterocycles. The van der Waals surface area contributed by atoms with Crippen LogP contribution in [0, 0.1) is 11.8 Å². The Hall–Kier alpha value is -0.530. The van der Waals surface area contributed by atoms with Gasteiger partial charge in [-0.3, -0.25) is 4.79 Å². The van der Waals surface area contributed by atoms with Crippen LogP contribution in [0.2, 0.25) is 0 Å². The summed E-state index contributed by atoms with van der Waals surface area (Å²) in [6, 6.07) is 0. The first-order valence-corrected chi connectivity index (χ1v) is 5.84. The third kappa shape index (κ3) is 4.64. The van der Waals surface area contributed by atoms with Crippen molar-refractivity contribution in [1.29, 1.82) is 0 Å². The molecule has 0 spiro atoms. The first kappa shape index (κ1) is 11.5. The van der Waals surface area contributed by atoms with Crippen molar-refractivity contribution in [3.05, 3.63) is 0 Å². The molecule has 0 atom stereocenters. The second kappa shape index (κ2) is 6.05. The number of hydrogen-bond donors (Lipinski definition) is 0. The van der Waals surface area contributed by atoms with E-state index in [9.17, 15) is 4.79 Å². The second-order valence-electron chi connectivity index (χ2n) is 4.79. The molecule has 1 fully saturated rings. The number of rotatable bonds is 4. The summed E-state index contributed by atoms with van der Waals surface area (Å²) in [5.74, 6) is 1.05. The molecule has 0 aliphatic heterocycles. The third-order valence-electron chi connectivity index (χ3n) is 2.76. The molecule has 1 aliphatic rings. The van der Waals surface area contributed by atoms with Crippen molar-refractivity contribution < 1.29 is 9.53 Å². The predicted octanol–water partition coefficient (Wildman–Crippen LogP) is 3.16. The minimum Gasteiger partial charge on any atom is -0.465 e. The van der Waals surface area contributed by atoms with Gasteiger partial charge < -0.3 is 4.74 Å². The maximum absolute atomic E-state index is 11.4. The van der Waals surface area contributed by atoms with Crippen LogP contribution in [0.1, 0.15) is 52.4 Å². The van der Waals surface area contributed by atoms with Crippen LogP contribution >= 0.6 is 0 Å². The highest BCUT2D eigenvalue weighted by Crippen LogP contribution is 2.26. The molecule has 2 nitrogen and oxygen atoms in total. The van der Waals surface area contributed by atoms with E-state index in [1.54, 1.807) is 0 Å². The van der Waals surface area contributed by atoms with Gasteiger partial charge in [0, 0.05) is 6.42 Å². The molecule has 1 rings (SSSR count). The van der Waals surface area contributed by atoms with E-state index in [1.807, 2.05) is 0 Å². The van der Waals surface area contributed by atoms with Crippen LogP contribution in [-0.4, -0.2) is 12.6 Å². The molecule has 2 heteroatoms.